The van der Waals surface area contributed by atoms with Crippen molar-refractivity contribution in [3.05, 3.63) is 54.7 Å². The largest absolute Gasteiger partial charge is 0.263 e. The molecule has 4 rings (SSSR count). The summed E-state index contributed by atoms with van der Waals surface area (Å²) in [6.07, 6.45) is 3.27. The number of pyridine rings is 1. The first-order chi connectivity index (χ1) is 9.83. The molecule has 0 saturated carbocycles. The summed E-state index contributed by atoms with van der Waals surface area (Å²) in [5.74, 6) is 0.377. The third-order valence-electron chi connectivity index (χ3n) is 3.10. The number of hydrogen-bond acceptors (Lipinski definition) is 4. The van der Waals surface area contributed by atoms with Crippen LogP contribution in [0.2, 0.25) is 0 Å². The van der Waals surface area contributed by atoms with Crippen molar-refractivity contribution >= 4 is 16.7 Å². The molecule has 0 unspecified atom stereocenters. The zero-order chi connectivity index (χ0) is 13.5. The normalized spacial score (nSPS) is 11.2. The van der Waals surface area contributed by atoms with Crippen molar-refractivity contribution in [1.29, 1.82) is 0 Å². The zero-order valence-corrected chi connectivity index (χ0v) is 10.2. The molecule has 0 radical (unpaired) electrons. The lowest BCUT2D eigenvalue weighted by Crippen LogP contribution is -1.98. The first kappa shape index (κ1) is 11.0. The van der Waals surface area contributed by atoms with Crippen molar-refractivity contribution in [3.8, 4) is 11.4 Å². The monoisotopic (exact) mass is 265 g/mol. The van der Waals surface area contributed by atoms with Crippen LogP contribution in [0.1, 0.15) is 0 Å². The molecular formula is C14H8FN5. The first-order valence-electron chi connectivity index (χ1n) is 6.03. The number of fused-ring (bicyclic) bond motifs is 3. The molecule has 0 N–H and O–H groups in total. The molecule has 3 heterocycles. The van der Waals surface area contributed by atoms with E-state index in [1.54, 1.807) is 29.1 Å². The Hall–Kier alpha value is -2.89. The van der Waals surface area contributed by atoms with E-state index in [2.05, 4.69) is 20.2 Å². The van der Waals surface area contributed by atoms with Gasteiger partial charge in [0.2, 0.25) is 0 Å². The van der Waals surface area contributed by atoms with Gasteiger partial charge in [-0.15, -0.1) is 10.2 Å². The molecule has 20 heavy (non-hydrogen) atoms. The molecule has 1 aromatic carbocycles. The fraction of sp³-hybridized carbons (Fsp3) is 0. The third kappa shape index (κ3) is 1.55. The number of nitrogens with zero attached hydrogens (tertiary/aromatic N) is 5. The standard InChI is InChI=1S/C14H8FN5/c15-10-5-3-9(4-6-10)13-18-11-2-1-7-16-12(11)14-19-17-8-20(13)14/h1-8H. The smallest absolute Gasteiger partial charge is 0.190 e. The van der Waals surface area contributed by atoms with Crippen LogP contribution in [0, 0.1) is 5.82 Å². The predicted octanol–water partition coefficient (Wildman–Crippen LogP) is 2.48. The molecular weight excluding hydrogens is 257 g/mol. The molecule has 6 heteroatoms. The van der Waals surface area contributed by atoms with Gasteiger partial charge in [-0.2, -0.15) is 0 Å². The Morgan fingerprint density at radius 1 is 1.05 bits per heavy atom. The van der Waals surface area contributed by atoms with Crippen LogP contribution < -0.4 is 0 Å². The van der Waals surface area contributed by atoms with E-state index in [4.69, 9.17) is 0 Å². The maximum Gasteiger partial charge on any atom is 0.190 e. The van der Waals surface area contributed by atoms with E-state index in [9.17, 15) is 4.39 Å². The molecule has 3 aromatic heterocycles. The van der Waals surface area contributed by atoms with E-state index >= 15 is 0 Å². The van der Waals surface area contributed by atoms with Crippen molar-refractivity contribution in [2.24, 2.45) is 0 Å². The van der Waals surface area contributed by atoms with Gasteiger partial charge in [-0.1, -0.05) is 0 Å². The van der Waals surface area contributed by atoms with Gasteiger partial charge in [0.05, 0.1) is 5.52 Å². The minimum absolute atomic E-state index is 0.281. The Kier molecular flexibility index (Phi) is 2.23. The maximum atomic E-state index is 13.0. The average Bonchev–Trinajstić information content (AvgIpc) is 2.97. The second-order valence-corrected chi connectivity index (χ2v) is 4.34. The molecule has 0 bridgehead atoms. The summed E-state index contributed by atoms with van der Waals surface area (Å²) >= 11 is 0. The van der Waals surface area contributed by atoms with E-state index in [1.165, 1.54) is 12.1 Å². The molecule has 0 saturated heterocycles. The van der Waals surface area contributed by atoms with Crippen LogP contribution in [0.15, 0.2) is 48.9 Å². The van der Waals surface area contributed by atoms with E-state index in [0.717, 1.165) is 11.1 Å². The van der Waals surface area contributed by atoms with Gasteiger partial charge >= 0.3 is 0 Å². The van der Waals surface area contributed by atoms with Crippen molar-refractivity contribution in [3.63, 3.8) is 0 Å². The van der Waals surface area contributed by atoms with Crippen molar-refractivity contribution in [1.82, 2.24) is 24.6 Å². The van der Waals surface area contributed by atoms with Crippen molar-refractivity contribution in [2.75, 3.05) is 0 Å². The summed E-state index contributed by atoms with van der Waals surface area (Å²) < 4.78 is 14.8. The third-order valence-corrected chi connectivity index (χ3v) is 3.10. The number of halogens is 1. The van der Waals surface area contributed by atoms with Gasteiger partial charge in [0.25, 0.3) is 0 Å². The van der Waals surface area contributed by atoms with Crippen LogP contribution in [0.3, 0.4) is 0 Å². The summed E-state index contributed by atoms with van der Waals surface area (Å²) in [5, 5.41) is 8.00. The number of rotatable bonds is 1. The number of benzene rings is 1. The molecule has 0 amide bonds. The van der Waals surface area contributed by atoms with Crippen molar-refractivity contribution in [2.45, 2.75) is 0 Å². The second kappa shape index (κ2) is 4.06. The Labute approximate surface area is 112 Å². The first-order valence-corrected chi connectivity index (χ1v) is 6.03. The second-order valence-electron chi connectivity index (χ2n) is 4.34. The molecule has 0 spiro atoms. The van der Waals surface area contributed by atoms with Gasteiger partial charge in [0.15, 0.2) is 5.65 Å². The van der Waals surface area contributed by atoms with Crippen LogP contribution in [0.25, 0.3) is 28.1 Å². The fourth-order valence-electron chi connectivity index (χ4n) is 2.18. The van der Waals surface area contributed by atoms with Crippen molar-refractivity contribution < 1.29 is 4.39 Å². The highest BCUT2D eigenvalue weighted by Crippen LogP contribution is 2.22. The van der Waals surface area contributed by atoms with Crippen LogP contribution in [0.5, 0.6) is 0 Å². The predicted molar refractivity (Wildman–Crippen MR) is 71.5 cm³/mol. The van der Waals surface area contributed by atoms with Gasteiger partial charge < -0.3 is 0 Å². The van der Waals surface area contributed by atoms with E-state index in [0.29, 0.717) is 17.0 Å². The molecule has 0 aliphatic heterocycles. The van der Waals surface area contributed by atoms with Gasteiger partial charge in [0, 0.05) is 11.8 Å². The van der Waals surface area contributed by atoms with Gasteiger partial charge in [0.1, 0.15) is 23.5 Å². The Morgan fingerprint density at radius 3 is 2.75 bits per heavy atom. The Morgan fingerprint density at radius 2 is 1.90 bits per heavy atom. The molecule has 96 valence electrons. The highest BCUT2D eigenvalue weighted by atomic mass is 19.1. The summed E-state index contributed by atoms with van der Waals surface area (Å²) in [4.78, 5) is 8.86. The minimum Gasteiger partial charge on any atom is -0.263 e. The summed E-state index contributed by atoms with van der Waals surface area (Å²) in [6.45, 7) is 0. The highest BCUT2D eigenvalue weighted by molar-refractivity contribution is 5.88. The SMILES string of the molecule is Fc1ccc(-c2nc3cccnc3c3nncn23)cc1. The van der Waals surface area contributed by atoms with Gasteiger partial charge in [-0.05, 0) is 36.4 Å². The molecule has 0 fully saturated rings. The van der Waals surface area contributed by atoms with Crippen LogP contribution >= 0.6 is 0 Å². The summed E-state index contributed by atoms with van der Waals surface area (Å²) in [7, 11) is 0. The maximum absolute atomic E-state index is 13.0. The zero-order valence-electron chi connectivity index (χ0n) is 10.2. The van der Waals surface area contributed by atoms with Crippen LogP contribution in [-0.4, -0.2) is 24.6 Å². The number of aromatic nitrogens is 5. The number of hydrogen-bond donors (Lipinski definition) is 0. The average molecular weight is 265 g/mol. The van der Waals surface area contributed by atoms with E-state index in [1.807, 2.05) is 12.1 Å². The molecule has 4 aromatic rings. The van der Waals surface area contributed by atoms with E-state index in [-0.39, 0.29) is 5.82 Å². The summed E-state index contributed by atoms with van der Waals surface area (Å²) in [5.41, 5.74) is 2.85. The molecule has 0 atom stereocenters. The quantitative estimate of drug-likeness (QED) is 0.530. The topological polar surface area (TPSA) is 56.0 Å². The Bertz CT molecular complexity index is 914. The molecule has 0 aliphatic rings. The Balaban J connectivity index is 2.11. The fourth-order valence-corrected chi connectivity index (χ4v) is 2.18. The lowest BCUT2D eigenvalue weighted by molar-refractivity contribution is 0.628. The van der Waals surface area contributed by atoms with Crippen LogP contribution in [0.4, 0.5) is 4.39 Å². The highest BCUT2D eigenvalue weighted by Gasteiger charge is 2.12. The van der Waals surface area contributed by atoms with Crippen LogP contribution in [-0.2, 0) is 0 Å². The lowest BCUT2D eigenvalue weighted by atomic mass is 10.2. The van der Waals surface area contributed by atoms with Gasteiger partial charge in [-0.25, -0.2) is 9.37 Å². The van der Waals surface area contributed by atoms with Gasteiger partial charge in [-0.3, -0.25) is 9.38 Å². The summed E-state index contributed by atoms with van der Waals surface area (Å²) in [6, 6.07) is 9.85. The lowest BCUT2D eigenvalue weighted by Gasteiger charge is -2.06. The van der Waals surface area contributed by atoms with E-state index < -0.39 is 0 Å². The minimum atomic E-state index is -0.281. The molecule has 0 aliphatic carbocycles. The molecule has 5 nitrogen and oxygen atoms in total.